The number of halogens is 1. The summed E-state index contributed by atoms with van der Waals surface area (Å²) in [6.07, 6.45) is -0.246. The third kappa shape index (κ3) is 4.33. The molecule has 0 radical (unpaired) electrons. The molecule has 7 heteroatoms. The lowest BCUT2D eigenvalue weighted by molar-refractivity contribution is 0.0923. The van der Waals surface area contributed by atoms with Gasteiger partial charge in [0.05, 0.1) is 6.61 Å². The van der Waals surface area contributed by atoms with Crippen LogP contribution in [0.4, 0.5) is 10.5 Å². The molecule has 0 aliphatic carbocycles. The molecule has 1 fully saturated rings. The standard InChI is InChI=1S/C15H20BrN3O2S/c1-3-21-15(20)19-8-6-18(7-9-19)14(22)17-12-4-5-13(16)11(2)10-12/h4-5,10H,3,6-9H2,1-2H3,(H,17,22). The Hall–Kier alpha value is -1.34. The Morgan fingerprint density at radius 2 is 1.95 bits per heavy atom. The van der Waals surface area contributed by atoms with E-state index in [1.165, 1.54) is 0 Å². The Morgan fingerprint density at radius 3 is 2.55 bits per heavy atom. The molecule has 5 nitrogen and oxygen atoms in total. The predicted octanol–water partition coefficient (Wildman–Crippen LogP) is 3.23. The minimum absolute atomic E-state index is 0.246. The third-order valence-corrected chi connectivity index (χ3v) is 4.75. The molecule has 1 aliphatic heterocycles. The number of nitrogens with zero attached hydrogens (tertiary/aromatic N) is 2. The molecule has 1 aliphatic rings. The van der Waals surface area contributed by atoms with Gasteiger partial charge in [-0.3, -0.25) is 0 Å². The largest absolute Gasteiger partial charge is 0.450 e. The van der Waals surface area contributed by atoms with Gasteiger partial charge in [-0.25, -0.2) is 4.79 Å². The summed E-state index contributed by atoms with van der Waals surface area (Å²) in [5.74, 6) is 0. The molecule has 1 heterocycles. The molecule has 2 rings (SSSR count). The minimum atomic E-state index is -0.246. The monoisotopic (exact) mass is 385 g/mol. The number of carbonyl (C=O) groups excluding carboxylic acids is 1. The maximum atomic E-state index is 11.7. The van der Waals surface area contributed by atoms with Gasteiger partial charge < -0.3 is 19.9 Å². The van der Waals surface area contributed by atoms with Gasteiger partial charge in [-0.05, 0) is 49.8 Å². The number of ether oxygens (including phenoxy) is 1. The normalized spacial score (nSPS) is 14.7. The van der Waals surface area contributed by atoms with Gasteiger partial charge in [0.2, 0.25) is 0 Å². The number of rotatable bonds is 2. The van der Waals surface area contributed by atoms with Crippen molar-refractivity contribution in [3.8, 4) is 0 Å². The first kappa shape index (κ1) is 17.0. The number of anilines is 1. The van der Waals surface area contributed by atoms with Crippen LogP contribution >= 0.6 is 28.1 Å². The Balaban J connectivity index is 1.87. The molecule has 22 heavy (non-hydrogen) atoms. The highest BCUT2D eigenvalue weighted by atomic mass is 79.9. The highest BCUT2D eigenvalue weighted by Crippen LogP contribution is 2.20. The predicted molar refractivity (Wildman–Crippen MR) is 95.3 cm³/mol. The average molecular weight is 386 g/mol. The zero-order valence-electron chi connectivity index (χ0n) is 12.8. The molecule has 0 spiro atoms. The molecule has 0 unspecified atom stereocenters. The number of carbonyl (C=O) groups is 1. The fraction of sp³-hybridized carbons (Fsp3) is 0.467. The van der Waals surface area contributed by atoms with Crippen molar-refractivity contribution in [1.82, 2.24) is 9.80 Å². The summed E-state index contributed by atoms with van der Waals surface area (Å²) < 4.78 is 6.09. The molecule has 0 atom stereocenters. The molecule has 1 N–H and O–H groups in total. The van der Waals surface area contributed by atoms with Crippen molar-refractivity contribution < 1.29 is 9.53 Å². The summed E-state index contributed by atoms with van der Waals surface area (Å²) in [5.41, 5.74) is 2.12. The molecule has 0 bridgehead atoms. The molecule has 1 aromatic carbocycles. The quantitative estimate of drug-likeness (QED) is 0.791. The number of aryl methyl sites for hydroxylation is 1. The fourth-order valence-electron chi connectivity index (χ4n) is 2.23. The van der Waals surface area contributed by atoms with E-state index >= 15 is 0 Å². The third-order valence-electron chi connectivity index (χ3n) is 3.50. The lowest BCUT2D eigenvalue weighted by Gasteiger charge is -2.35. The molecule has 120 valence electrons. The maximum Gasteiger partial charge on any atom is 0.409 e. The second-order valence-corrected chi connectivity index (χ2v) is 6.31. The summed E-state index contributed by atoms with van der Waals surface area (Å²) in [6, 6.07) is 6.03. The lowest BCUT2D eigenvalue weighted by Crippen LogP contribution is -2.51. The van der Waals surface area contributed by atoms with E-state index in [0.29, 0.717) is 37.9 Å². The van der Waals surface area contributed by atoms with E-state index in [-0.39, 0.29) is 6.09 Å². The Morgan fingerprint density at radius 1 is 1.32 bits per heavy atom. The second-order valence-electron chi connectivity index (χ2n) is 5.07. The lowest BCUT2D eigenvalue weighted by atomic mass is 10.2. The van der Waals surface area contributed by atoms with Crippen molar-refractivity contribution in [3.63, 3.8) is 0 Å². The number of hydrogen-bond acceptors (Lipinski definition) is 3. The number of nitrogens with one attached hydrogen (secondary N) is 1. The Kier molecular flexibility index (Phi) is 6.02. The zero-order chi connectivity index (χ0) is 16.1. The highest BCUT2D eigenvalue weighted by molar-refractivity contribution is 9.10. The van der Waals surface area contributed by atoms with Crippen LogP contribution in [0.2, 0.25) is 0 Å². The molecule has 0 saturated carbocycles. The van der Waals surface area contributed by atoms with Crippen LogP contribution in [0, 0.1) is 6.92 Å². The second kappa shape index (κ2) is 7.78. The van der Waals surface area contributed by atoms with Gasteiger partial charge in [-0.15, -0.1) is 0 Å². The first-order valence-electron chi connectivity index (χ1n) is 7.25. The summed E-state index contributed by atoms with van der Waals surface area (Å²) in [7, 11) is 0. The van der Waals surface area contributed by atoms with Crippen LogP contribution in [0.1, 0.15) is 12.5 Å². The SMILES string of the molecule is CCOC(=O)N1CCN(C(=S)Nc2ccc(Br)c(C)c2)CC1. The molecule has 1 aromatic rings. The van der Waals surface area contributed by atoms with E-state index in [1.54, 1.807) is 4.90 Å². The van der Waals surface area contributed by atoms with Crippen molar-refractivity contribution in [2.75, 3.05) is 38.1 Å². The van der Waals surface area contributed by atoms with Gasteiger partial charge in [0.1, 0.15) is 0 Å². The van der Waals surface area contributed by atoms with Crippen LogP contribution in [-0.4, -0.2) is 53.8 Å². The van der Waals surface area contributed by atoms with E-state index in [4.69, 9.17) is 17.0 Å². The van der Waals surface area contributed by atoms with Crippen molar-refractivity contribution in [2.45, 2.75) is 13.8 Å². The van der Waals surface area contributed by atoms with E-state index in [9.17, 15) is 4.79 Å². The van der Waals surface area contributed by atoms with Gasteiger partial charge in [0, 0.05) is 36.3 Å². The van der Waals surface area contributed by atoms with Crippen LogP contribution < -0.4 is 5.32 Å². The first-order valence-corrected chi connectivity index (χ1v) is 8.45. The van der Waals surface area contributed by atoms with Gasteiger partial charge >= 0.3 is 6.09 Å². The molecule has 1 saturated heterocycles. The van der Waals surface area contributed by atoms with Crippen LogP contribution in [0.3, 0.4) is 0 Å². The van der Waals surface area contributed by atoms with E-state index in [0.717, 1.165) is 15.7 Å². The Bertz CT molecular complexity index is 560. The first-order chi connectivity index (χ1) is 10.5. The van der Waals surface area contributed by atoms with Gasteiger partial charge in [-0.1, -0.05) is 15.9 Å². The van der Waals surface area contributed by atoms with E-state index in [1.807, 2.05) is 32.0 Å². The Labute approximate surface area is 144 Å². The smallest absolute Gasteiger partial charge is 0.409 e. The highest BCUT2D eigenvalue weighted by Gasteiger charge is 2.23. The molecular weight excluding hydrogens is 366 g/mol. The average Bonchev–Trinajstić information content (AvgIpc) is 2.51. The topological polar surface area (TPSA) is 44.8 Å². The van der Waals surface area contributed by atoms with Crippen molar-refractivity contribution in [2.24, 2.45) is 0 Å². The summed E-state index contributed by atoms with van der Waals surface area (Å²) in [4.78, 5) is 15.5. The number of amides is 1. The molecule has 1 amide bonds. The van der Waals surface area contributed by atoms with Crippen molar-refractivity contribution >= 4 is 45.0 Å². The number of thiocarbonyl (C=S) groups is 1. The van der Waals surface area contributed by atoms with Crippen molar-refractivity contribution in [3.05, 3.63) is 28.2 Å². The van der Waals surface area contributed by atoms with Gasteiger partial charge in [-0.2, -0.15) is 0 Å². The number of piperazine rings is 1. The summed E-state index contributed by atoms with van der Waals surface area (Å²) >= 11 is 8.94. The number of benzene rings is 1. The molecule has 0 aromatic heterocycles. The summed E-state index contributed by atoms with van der Waals surface area (Å²) in [5, 5.41) is 3.94. The van der Waals surface area contributed by atoms with Crippen LogP contribution in [0.25, 0.3) is 0 Å². The van der Waals surface area contributed by atoms with Gasteiger partial charge in [0.25, 0.3) is 0 Å². The van der Waals surface area contributed by atoms with E-state index < -0.39 is 0 Å². The van der Waals surface area contributed by atoms with Crippen LogP contribution in [-0.2, 0) is 4.74 Å². The zero-order valence-corrected chi connectivity index (χ0v) is 15.2. The maximum absolute atomic E-state index is 11.7. The van der Waals surface area contributed by atoms with Crippen LogP contribution in [0.5, 0.6) is 0 Å². The minimum Gasteiger partial charge on any atom is -0.450 e. The fourth-order valence-corrected chi connectivity index (χ4v) is 2.78. The van der Waals surface area contributed by atoms with Crippen LogP contribution in [0.15, 0.2) is 22.7 Å². The van der Waals surface area contributed by atoms with Gasteiger partial charge in [0.15, 0.2) is 5.11 Å². The van der Waals surface area contributed by atoms with Crippen molar-refractivity contribution in [1.29, 1.82) is 0 Å². The van der Waals surface area contributed by atoms with E-state index in [2.05, 4.69) is 26.1 Å². The molecular formula is C15H20BrN3O2S. The number of hydrogen-bond donors (Lipinski definition) is 1. The summed E-state index contributed by atoms with van der Waals surface area (Å²) in [6.45, 7) is 6.92.